The molecule has 0 amide bonds. The van der Waals surface area contributed by atoms with Crippen molar-refractivity contribution in [2.75, 3.05) is 0 Å². The Labute approximate surface area is 100 Å². The van der Waals surface area contributed by atoms with Gasteiger partial charge in [0.1, 0.15) is 0 Å². The molecule has 0 radical (unpaired) electrons. The van der Waals surface area contributed by atoms with Gasteiger partial charge in [-0.05, 0) is 47.8 Å². The quantitative estimate of drug-likeness (QED) is 0.333. The van der Waals surface area contributed by atoms with Gasteiger partial charge in [-0.1, -0.05) is 0 Å². The van der Waals surface area contributed by atoms with Gasteiger partial charge in [0.15, 0.2) is 0 Å². The van der Waals surface area contributed by atoms with E-state index in [-0.39, 0.29) is 29.6 Å². The summed E-state index contributed by atoms with van der Waals surface area (Å²) in [4.78, 5) is 0. The summed E-state index contributed by atoms with van der Waals surface area (Å²) in [5, 5.41) is 0. The number of hydrogen-bond donors (Lipinski definition) is 1. The van der Waals surface area contributed by atoms with E-state index in [0.29, 0.717) is 0 Å². The fourth-order valence-electron chi connectivity index (χ4n) is 0. The minimum absolute atomic E-state index is 0. The minimum atomic E-state index is -4.09. The van der Waals surface area contributed by atoms with Gasteiger partial charge in [0.25, 0.3) is 1.47 Å². The van der Waals surface area contributed by atoms with Gasteiger partial charge < -0.3 is 0 Å². The fraction of sp³-hybridized carbons (Fsp3) is 1.00. The Hall–Kier alpha value is 2.35. The SMILES string of the molecule is O=S(=O)(O)C(Br)(Br)Br.[Na+]. The molecule has 9 heavy (non-hydrogen) atoms. The molecular weight excluding hydrogens is 355 g/mol. The van der Waals surface area contributed by atoms with Gasteiger partial charge in [-0.2, -0.15) is 8.42 Å². The molecule has 0 aliphatic rings. The van der Waals surface area contributed by atoms with E-state index in [9.17, 15) is 8.42 Å². The van der Waals surface area contributed by atoms with Crippen molar-refractivity contribution in [3.05, 3.63) is 0 Å². The first-order chi connectivity index (χ1) is 3.25. The molecule has 1 N–H and O–H groups in total. The van der Waals surface area contributed by atoms with Gasteiger partial charge in [0, 0.05) is 0 Å². The molecular formula is CHBr3NaO3S+. The average molecular weight is 356 g/mol. The van der Waals surface area contributed by atoms with Gasteiger partial charge in [-0.25, -0.2) is 0 Å². The van der Waals surface area contributed by atoms with Crippen LogP contribution in [0.2, 0.25) is 0 Å². The third-order valence-corrected chi connectivity index (χ3v) is 4.56. The van der Waals surface area contributed by atoms with Crippen LogP contribution in [0.15, 0.2) is 0 Å². The molecule has 0 aliphatic heterocycles. The largest absolute Gasteiger partial charge is 1.00 e. The smallest absolute Gasteiger partial charge is 0.283 e. The second-order valence-corrected chi connectivity index (χ2v) is 10.8. The first-order valence-corrected chi connectivity index (χ1v) is 5.11. The average Bonchev–Trinajstić information content (AvgIpc) is 1.25. The van der Waals surface area contributed by atoms with Crippen LogP contribution in [0.4, 0.5) is 0 Å². The standard InChI is InChI=1S/CHBr3O3S.Na/c2-1(3,4)8(5,6)7;/h(H,5,6,7);/q;+1. The van der Waals surface area contributed by atoms with Gasteiger partial charge in [-0.15, -0.1) is 0 Å². The number of alkyl halides is 3. The van der Waals surface area contributed by atoms with Crippen molar-refractivity contribution in [1.82, 2.24) is 0 Å². The van der Waals surface area contributed by atoms with E-state index in [1.54, 1.807) is 0 Å². The zero-order valence-electron chi connectivity index (χ0n) is 4.31. The van der Waals surface area contributed by atoms with Crippen LogP contribution < -0.4 is 29.6 Å². The second-order valence-electron chi connectivity index (χ2n) is 0.921. The molecule has 0 atom stereocenters. The molecule has 50 valence electrons. The molecule has 0 rings (SSSR count). The number of halogens is 3. The van der Waals surface area contributed by atoms with Crippen molar-refractivity contribution in [2.24, 2.45) is 0 Å². The van der Waals surface area contributed by atoms with E-state index in [0.717, 1.165) is 0 Å². The van der Waals surface area contributed by atoms with E-state index in [2.05, 4.69) is 47.8 Å². The molecule has 8 heteroatoms. The topological polar surface area (TPSA) is 54.4 Å². The molecule has 0 saturated carbocycles. The van der Waals surface area contributed by atoms with Crippen LogP contribution in [-0.4, -0.2) is 14.4 Å². The molecule has 0 aromatic rings. The zero-order chi connectivity index (χ0) is 7.00. The third kappa shape index (κ3) is 5.60. The van der Waals surface area contributed by atoms with Crippen LogP contribution in [0.3, 0.4) is 0 Å². The Bertz CT molecular complexity index is 168. The Kier molecular flexibility index (Phi) is 6.79. The van der Waals surface area contributed by atoms with Crippen molar-refractivity contribution in [3.8, 4) is 0 Å². The van der Waals surface area contributed by atoms with Crippen molar-refractivity contribution < 1.29 is 42.5 Å². The maximum atomic E-state index is 10.1. The molecule has 0 heterocycles. The predicted octanol–water partition coefficient (Wildman–Crippen LogP) is -1.33. The second kappa shape index (κ2) is 4.39. The fourth-order valence-corrected chi connectivity index (χ4v) is 0. The normalized spacial score (nSPS) is 12.4. The summed E-state index contributed by atoms with van der Waals surface area (Å²) in [6, 6.07) is 0. The summed E-state index contributed by atoms with van der Waals surface area (Å²) < 4.78 is 26.7. The van der Waals surface area contributed by atoms with E-state index in [1.165, 1.54) is 0 Å². The van der Waals surface area contributed by atoms with E-state index >= 15 is 0 Å². The molecule has 0 aromatic heterocycles. The Balaban J connectivity index is 0. The van der Waals surface area contributed by atoms with Crippen molar-refractivity contribution in [2.45, 2.75) is 1.47 Å². The summed E-state index contributed by atoms with van der Waals surface area (Å²) >= 11 is 7.78. The summed E-state index contributed by atoms with van der Waals surface area (Å²) in [5.74, 6) is 0. The maximum Gasteiger partial charge on any atom is 1.00 e. The first-order valence-electron chi connectivity index (χ1n) is 1.29. The number of rotatable bonds is 0. The summed E-state index contributed by atoms with van der Waals surface area (Å²) in [5.41, 5.74) is 0. The van der Waals surface area contributed by atoms with Gasteiger partial charge in [-0.3, -0.25) is 4.55 Å². The van der Waals surface area contributed by atoms with Crippen LogP contribution in [0.1, 0.15) is 0 Å². The maximum absolute atomic E-state index is 10.1. The van der Waals surface area contributed by atoms with Gasteiger partial charge in [0.05, 0.1) is 0 Å². The van der Waals surface area contributed by atoms with Crippen LogP contribution in [-0.2, 0) is 10.1 Å². The molecule has 0 aliphatic carbocycles. The Morgan fingerprint density at radius 1 is 1.22 bits per heavy atom. The summed E-state index contributed by atoms with van der Waals surface area (Å²) in [6.45, 7) is 0. The van der Waals surface area contributed by atoms with E-state index in [1.807, 2.05) is 0 Å². The predicted molar refractivity (Wildman–Crippen MR) is 41.1 cm³/mol. The summed E-state index contributed by atoms with van der Waals surface area (Å²) in [7, 11) is -4.09. The van der Waals surface area contributed by atoms with Crippen LogP contribution in [0.5, 0.6) is 0 Å². The molecule has 0 spiro atoms. The minimum Gasteiger partial charge on any atom is -0.283 e. The third-order valence-electron chi connectivity index (χ3n) is 0.292. The van der Waals surface area contributed by atoms with Gasteiger partial charge in [0.2, 0.25) is 0 Å². The van der Waals surface area contributed by atoms with Crippen LogP contribution in [0, 0.1) is 0 Å². The molecule has 0 bridgehead atoms. The van der Waals surface area contributed by atoms with Crippen molar-refractivity contribution in [3.63, 3.8) is 0 Å². The Morgan fingerprint density at radius 2 is 1.33 bits per heavy atom. The molecule has 3 nitrogen and oxygen atoms in total. The zero-order valence-corrected chi connectivity index (χ0v) is 11.9. The van der Waals surface area contributed by atoms with E-state index in [4.69, 9.17) is 4.55 Å². The molecule has 0 unspecified atom stereocenters. The number of hydrogen-bond acceptors (Lipinski definition) is 2. The van der Waals surface area contributed by atoms with Crippen LogP contribution in [0.25, 0.3) is 0 Å². The monoisotopic (exact) mass is 353 g/mol. The molecule has 0 fully saturated rings. The molecule has 0 saturated heterocycles. The van der Waals surface area contributed by atoms with Crippen molar-refractivity contribution in [1.29, 1.82) is 0 Å². The molecule has 0 aromatic carbocycles. The Morgan fingerprint density at radius 3 is 1.33 bits per heavy atom. The first kappa shape index (κ1) is 13.9. The van der Waals surface area contributed by atoms with Crippen molar-refractivity contribution >= 4 is 57.9 Å². The summed E-state index contributed by atoms with van der Waals surface area (Å²) in [6.07, 6.45) is 0. The van der Waals surface area contributed by atoms with Crippen LogP contribution >= 0.6 is 47.8 Å². The van der Waals surface area contributed by atoms with Gasteiger partial charge >= 0.3 is 39.7 Å². The van der Waals surface area contributed by atoms with E-state index < -0.39 is 11.6 Å².